The first-order valence-corrected chi connectivity index (χ1v) is 14.6. The van der Waals surface area contributed by atoms with Crippen LogP contribution in [-0.4, -0.2) is 5.78 Å². The molecule has 1 aliphatic heterocycles. The van der Waals surface area contributed by atoms with Gasteiger partial charge in [-0.05, 0) is 91.8 Å². The van der Waals surface area contributed by atoms with Gasteiger partial charge in [0.1, 0.15) is 5.82 Å². The van der Waals surface area contributed by atoms with E-state index in [9.17, 15) is 10.1 Å². The van der Waals surface area contributed by atoms with Crippen molar-refractivity contribution < 1.29 is 4.79 Å². The zero-order chi connectivity index (χ0) is 27.8. The van der Waals surface area contributed by atoms with Crippen molar-refractivity contribution in [1.29, 1.82) is 5.26 Å². The van der Waals surface area contributed by atoms with Crippen molar-refractivity contribution in [3.05, 3.63) is 115 Å². The van der Waals surface area contributed by atoms with Crippen LogP contribution in [0.5, 0.6) is 0 Å². The molecule has 3 aromatic rings. The highest BCUT2D eigenvalue weighted by Gasteiger charge is 2.41. The van der Waals surface area contributed by atoms with Gasteiger partial charge in [0, 0.05) is 39.0 Å². The molecule has 2 N–H and O–H groups in total. The number of Topliss-reactive ketones (excluding diaryl/α,β-unsaturated/α-hetero) is 1. The van der Waals surface area contributed by atoms with E-state index in [4.69, 9.17) is 28.9 Å². The maximum atomic E-state index is 13.6. The molecule has 39 heavy (non-hydrogen) atoms. The second-order valence-corrected chi connectivity index (χ2v) is 12.0. The molecule has 2 aliphatic rings. The molecule has 1 unspecified atom stereocenters. The summed E-state index contributed by atoms with van der Waals surface area (Å²) in [5.74, 6) is 0.643. The van der Waals surface area contributed by atoms with Crippen molar-refractivity contribution in [2.24, 2.45) is 5.73 Å². The summed E-state index contributed by atoms with van der Waals surface area (Å²) < 4.78 is 0. The van der Waals surface area contributed by atoms with E-state index in [1.807, 2.05) is 49.1 Å². The fourth-order valence-corrected chi connectivity index (χ4v) is 7.14. The van der Waals surface area contributed by atoms with Crippen molar-refractivity contribution in [2.45, 2.75) is 56.6 Å². The molecule has 1 atom stereocenters. The van der Waals surface area contributed by atoms with E-state index in [0.717, 1.165) is 56.9 Å². The zero-order valence-corrected chi connectivity index (χ0v) is 24.5. The van der Waals surface area contributed by atoms with Crippen LogP contribution >= 0.6 is 35.0 Å². The van der Waals surface area contributed by atoms with Gasteiger partial charge in [0.15, 0.2) is 5.78 Å². The molecule has 5 rings (SSSR count). The van der Waals surface area contributed by atoms with E-state index < -0.39 is 5.92 Å². The summed E-state index contributed by atoms with van der Waals surface area (Å²) in [5, 5.41) is 11.7. The summed E-state index contributed by atoms with van der Waals surface area (Å²) in [6, 6.07) is 20.1. The number of halogens is 2. The number of benzene rings is 3. The fourth-order valence-electron chi connectivity index (χ4n) is 5.59. The van der Waals surface area contributed by atoms with Gasteiger partial charge in [-0.15, -0.1) is 11.8 Å². The van der Waals surface area contributed by atoms with E-state index >= 15 is 0 Å². The minimum atomic E-state index is -0.502. The molecule has 0 radical (unpaired) electrons. The maximum absolute atomic E-state index is 13.6. The Kier molecular flexibility index (Phi) is 7.82. The van der Waals surface area contributed by atoms with Crippen LogP contribution in [0.1, 0.15) is 53.0 Å². The lowest BCUT2D eigenvalue weighted by Gasteiger charge is -2.40. The van der Waals surface area contributed by atoms with Crippen LogP contribution in [0, 0.1) is 32.1 Å². The maximum Gasteiger partial charge on any atom is 0.161 e. The Balaban J connectivity index is 1.63. The quantitative estimate of drug-likeness (QED) is 0.310. The van der Waals surface area contributed by atoms with Crippen LogP contribution in [0.2, 0.25) is 10.0 Å². The smallest absolute Gasteiger partial charge is 0.161 e. The van der Waals surface area contributed by atoms with Crippen LogP contribution < -0.4 is 10.6 Å². The van der Waals surface area contributed by atoms with Crippen LogP contribution in [0.25, 0.3) is 0 Å². The minimum absolute atomic E-state index is 0.0840. The summed E-state index contributed by atoms with van der Waals surface area (Å²) in [7, 11) is 0. The largest absolute Gasteiger partial charge is 0.384 e. The lowest BCUT2D eigenvalue weighted by atomic mass is 9.74. The van der Waals surface area contributed by atoms with Crippen molar-refractivity contribution in [2.75, 3.05) is 4.90 Å². The summed E-state index contributed by atoms with van der Waals surface area (Å²) in [6.45, 7) is 6.14. The first-order chi connectivity index (χ1) is 18.7. The third-order valence-corrected chi connectivity index (χ3v) is 9.27. The van der Waals surface area contributed by atoms with Gasteiger partial charge >= 0.3 is 0 Å². The number of carbonyl (C=O) groups excluding carboxylic acids is 1. The second-order valence-electron chi connectivity index (χ2n) is 10.2. The summed E-state index contributed by atoms with van der Waals surface area (Å²) in [4.78, 5) is 16.4. The number of thioether (sulfide) groups is 1. The molecule has 4 nitrogen and oxygen atoms in total. The highest BCUT2D eigenvalue weighted by molar-refractivity contribution is 7.98. The molecule has 0 spiro atoms. The average molecular weight is 575 g/mol. The zero-order valence-electron chi connectivity index (χ0n) is 22.1. The van der Waals surface area contributed by atoms with Gasteiger partial charge in [0.25, 0.3) is 0 Å². The molecule has 0 aromatic heterocycles. The molecule has 0 amide bonds. The number of nitrogens with zero attached hydrogens (tertiary/aromatic N) is 2. The molecule has 0 saturated heterocycles. The van der Waals surface area contributed by atoms with Crippen LogP contribution in [0.4, 0.5) is 5.69 Å². The first kappa shape index (κ1) is 27.4. The molecule has 1 aliphatic carbocycles. The molecular weight excluding hydrogens is 545 g/mol. The monoisotopic (exact) mass is 573 g/mol. The van der Waals surface area contributed by atoms with Crippen LogP contribution in [-0.2, 0) is 10.5 Å². The Hall–Kier alpha value is -3.17. The minimum Gasteiger partial charge on any atom is -0.384 e. The number of nitrogens with two attached hydrogens (primary N) is 1. The van der Waals surface area contributed by atoms with Gasteiger partial charge in [0.05, 0.1) is 22.6 Å². The number of aryl methyl sites for hydroxylation is 3. The predicted molar refractivity (Wildman–Crippen MR) is 161 cm³/mol. The molecule has 3 aromatic carbocycles. The van der Waals surface area contributed by atoms with E-state index in [1.165, 1.54) is 0 Å². The molecule has 198 valence electrons. The van der Waals surface area contributed by atoms with E-state index in [2.05, 4.69) is 25.1 Å². The number of allylic oxidation sites excluding steroid dienone is 3. The lowest BCUT2D eigenvalue weighted by molar-refractivity contribution is -0.116. The van der Waals surface area contributed by atoms with Crippen molar-refractivity contribution in [3.63, 3.8) is 0 Å². The van der Waals surface area contributed by atoms with E-state index in [0.29, 0.717) is 39.2 Å². The normalized spacial score (nSPS) is 17.4. The third kappa shape index (κ3) is 5.22. The number of nitriles is 1. The summed E-state index contributed by atoms with van der Waals surface area (Å²) >= 11 is 14.2. The van der Waals surface area contributed by atoms with Gasteiger partial charge in [-0.3, -0.25) is 9.69 Å². The Morgan fingerprint density at radius 3 is 2.59 bits per heavy atom. The first-order valence-electron chi connectivity index (χ1n) is 12.9. The molecule has 7 heteroatoms. The topological polar surface area (TPSA) is 70.1 Å². The Labute approximate surface area is 244 Å². The third-order valence-electron chi connectivity index (χ3n) is 7.49. The molecule has 0 bridgehead atoms. The average Bonchev–Trinajstić information content (AvgIpc) is 2.89. The standard InChI is InChI=1S/C32H29Cl2N3OS/c1-18-6-4-7-23(12-18)37-27-8-5-9-28(38)31(27)30(25(16-35)32(37)36)24-14-21(19(2)13-20(24)3)17-39-29-15-22(33)10-11-26(29)34/h4,6-7,10-15,30H,5,8-9,17,36H2,1-3H3. The van der Waals surface area contributed by atoms with Crippen LogP contribution in [0.3, 0.4) is 0 Å². The van der Waals surface area contributed by atoms with Gasteiger partial charge in [-0.1, -0.05) is 47.5 Å². The summed E-state index contributed by atoms with van der Waals surface area (Å²) in [5.41, 5.74) is 15.0. The van der Waals surface area contributed by atoms with Gasteiger partial charge in [0.2, 0.25) is 0 Å². The number of ketones is 1. The molecule has 0 fully saturated rings. The number of hydrogen-bond acceptors (Lipinski definition) is 5. The van der Waals surface area contributed by atoms with Crippen molar-refractivity contribution in [3.8, 4) is 6.07 Å². The predicted octanol–water partition coefficient (Wildman–Crippen LogP) is 8.52. The van der Waals surface area contributed by atoms with Gasteiger partial charge in [-0.2, -0.15) is 5.26 Å². The number of carbonyl (C=O) groups is 1. The Morgan fingerprint density at radius 2 is 1.85 bits per heavy atom. The highest BCUT2D eigenvalue weighted by Crippen LogP contribution is 2.47. The van der Waals surface area contributed by atoms with Crippen LogP contribution in [0.15, 0.2) is 82.2 Å². The van der Waals surface area contributed by atoms with E-state index in [-0.39, 0.29) is 5.78 Å². The number of hydrogen-bond donors (Lipinski definition) is 1. The lowest BCUT2D eigenvalue weighted by Crippen LogP contribution is -2.39. The SMILES string of the molecule is Cc1cccc(N2C(N)=C(C#N)C(c3cc(CSc4cc(Cl)ccc4Cl)c(C)cc3C)C3=C2CCCC3=O)c1. The molecule has 1 heterocycles. The van der Waals surface area contributed by atoms with E-state index in [1.54, 1.807) is 23.9 Å². The van der Waals surface area contributed by atoms with Crippen molar-refractivity contribution >= 4 is 46.4 Å². The van der Waals surface area contributed by atoms with Crippen molar-refractivity contribution in [1.82, 2.24) is 0 Å². The summed E-state index contributed by atoms with van der Waals surface area (Å²) in [6.07, 6.45) is 1.96. The second kappa shape index (κ2) is 11.1. The van der Waals surface area contributed by atoms with Gasteiger partial charge in [-0.25, -0.2) is 0 Å². The highest BCUT2D eigenvalue weighted by atomic mass is 35.5. The number of anilines is 1. The fraction of sp³-hybridized carbons (Fsp3) is 0.250. The Bertz CT molecular complexity index is 1600. The molecular formula is C32H29Cl2N3OS. The number of rotatable bonds is 5. The Morgan fingerprint density at radius 1 is 1.05 bits per heavy atom. The van der Waals surface area contributed by atoms with Gasteiger partial charge < -0.3 is 5.73 Å². The molecule has 0 saturated carbocycles.